The van der Waals surface area contributed by atoms with Crippen molar-refractivity contribution in [2.24, 2.45) is 0 Å². The van der Waals surface area contributed by atoms with Crippen LogP contribution in [0.5, 0.6) is 0 Å². The van der Waals surface area contributed by atoms with Crippen LogP contribution in [0.4, 0.5) is 4.79 Å². The molecule has 0 bridgehead atoms. The highest BCUT2D eigenvalue weighted by Gasteiger charge is 2.17. The first-order chi connectivity index (χ1) is 7.49. The van der Waals surface area contributed by atoms with Gasteiger partial charge >= 0.3 is 6.09 Å². The molecule has 0 aromatic rings. The Morgan fingerprint density at radius 2 is 1.88 bits per heavy atom. The quantitative estimate of drug-likeness (QED) is 0.629. The Balaban J connectivity index is 4.03. The number of amides is 1. The van der Waals surface area contributed by atoms with Gasteiger partial charge in [0.2, 0.25) is 0 Å². The molecule has 4 nitrogen and oxygen atoms in total. The van der Waals surface area contributed by atoms with Gasteiger partial charge in [-0.15, -0.1) is 0 Å². The van der Waals surface area contributed by atoms with Crippen molar-refractivity contribution in [2.45, 2.75) is 39.7 Å². The summed E-state index contributed by atoms with van der Waals surface area (Å²) < 4.78 is 5.21. The average Bonchev–Trinajstić information content (AvgIpc) is 2.17. The first kappa shape index (κ1) is 15.2. The van der Waals surface area contributed by atoms with Gasteiger partial charge in [0, 0.05) is 19.1 Å². The molecule has 0 aliphatic rings. The Morgan fingerprint density at radius 1 is 1.25 bits per heavy atom. The molecule has 0 aliphatic carbocycles. The smallest absolute Gasteiger partial charge is 0.410 e. The Hall–Kier alpha value is -0.770. The van der Waals surface area contributed by atoms with Gasteiger partial charge in [0.1, 0.15) is 0 Å². The van der Waals surface area contributed by atoms with Crippen LogP contribution in [-0.4, -0.2) is 55.7 Å². The topological polar surface area (TPSA) is 32.8 Å². The average molecular weight is 230 g/mol. The van der Waals surface area contributed by atoms with Crippen LogP contribution >= 0.6 is 0 Å². The van der Waals surface area contributed by atoms with E-state index in [0.717, 1.165) is 25.9 Å². The molecule has 0 radical (unpaired) electrons. The maximum Gasteiger partial charge on any atom is 0.410 e. The summed E-state index contributed by atoms with van der Waals surface area (Å²) in [5.74, 6) is 0. The molecule has 0 unspecified atom stereocenters. The lowest BCUT2D eigenvalue weighted by molar-refractivity contribution is 0.0876. The molecule has 0 aromatic carbocycles. The van der Waals surface area contributed by atoms with E-state index in [-0.39, 0.29) is 12.1 Å². The van der Waals surface area contributed by atoms with E-state index in [1.807, 2.05) is 27.9 Å². The van der Waals surface area contributed by atoms with Gasteiger partial charge in [-0.25, -0.2) is 4.79 Å². The zero-order chi connectivity index (χ0) is 12.6. The minimum absolute atomic E-state index is 0.189. The van der Waals surface area contributed by atoms with Crippen molar-refractivity contribution < 1.29 is 9.53 Å². The molecule has 16 heavy (non-hydrogen) atoms. The second-order valence-corrected chi connectivity index (χ2v) is 4.56. The monoisotopic (exact) mass is 230 g/mol. The summed E-state index contributed by atoms with van der Waals surface area (Å²) in [6.07, 6.45) is 1.79. The predicted molar refractivity (Wildman–Crippen MR) is 66.7 cm³/mol. The minimum Gasteiger partial charge on any atom is -0.449 e. The first-order valence-electron chi connectivity index (χ1n) is 6.07. The Kier molecular flexibility index (Phi) is 7.99. The van der Waals surface area contributed by atoms with Crippen LogP contribution in [0.2, 0.25) is 0 Å². The molecule has 4 heteroatoms. The lowest BCUT2D eigenvalue weighted by atomic mass is 10.3. The number of likely N-dealkylation sites (N-methyl/N-ethyl adjacent to an activating group) is 1. The van der Waals surface area contributed by atoms with Crippen LogP contribution in [0.25, 0.3) is 0 Å². The first-order valence-corrected chi connectivity index (χ1v) is 6.07. The SMILES string of the molecule is CCCCOC(=O)N(CCN(C)C)C(C)C. The molecule has 0 saturated heterocycles. The summed E-state index contributed by atoms with van der Waals surface area (Å²) in [6.45, 7) is 8.21. The summed E-state index contributed by atoms with van der Waals surface area (Å²) in [7, 11) is 4.00. The Morgan fingerprint density at radius 3 is 2.31 bits per heavy atom. The molecule has 0 saturated carbocycles. The van der Waals surface area contributed by atoms with Crippen LogP contribution in [0.3, 0.4) is 0 Å². The molecular formula is C12H26N2O2. The summed E-state index contributed by atoms with van der Waals surface area (Å²) in [4.78, 5) is 15.6. The van der Waals surface area contributed by atoms with Crippen LogP contribution in [-0.2, 0) is 4.74 Å². The second kappa shape index (κ2) is 8.39. The summed E-state index contributed by atoms with van der Waals surface area (Å²) >= 11 is 0. The summed E-state index contributed by atoms with van der Waals surface area (Å²) in [5, 5.41) is 0. The number of hydrogen-bond acceptors (Lipinski definition) is 3. The van der Waals surface area contributed by atoms with Gasteiger partial charge in [-0.3, -0.25) is 0 Å². The lowest BCUT2D eigenvalue weighted by Gasteiger charge is -2.27. The van der Waals surface area contributed by atoms with Crippen molar-refractivity contribution >= 4 is 6.09 Å². The summed E-state index contributed by atoms with van der Waals surface area (Å²) in [6, 6.07) is 0.189. The van der Waals surface area contributed by atoms with Crippen LogP contribution in [0, 0.1) is 0 Å². The number of rotatable bonds is 7. The van der Waals surface area contributed by atoms with Gasteiger partial charge in [-0.2, -0.15) is 0 Å². The largest absolute Gasteiger partial charge is 0.449 e. The molecule has 0 aliphatic heterocycles. The van der Waals surface area contributed by atoms with Crippen molar-refractivity contribution in [3.05, 3.63) is 0 Å². The van der Waals surface area contributed by atoms with Gasteiger partial charge in [0.05, 0.1) is 6.61 Å². The number of nitrogens with zero attached hydrogens (tertiary/aromatic N) is 2. The van der Waals surface area contributed by atoms with Gasteiger partial charge in [-0.1, -0.05) is 13.3 Å². The molecule has 1 amide bonds. The van der Waals surface area contributed by atoms with Crippen molar-refractivity contribution in [2.75, 3.05) is 33.8 Å². The molecule has 0 aromatic heterocycles. The highest BCUT2D eigenvalue weighted by molar-refractivity contribution is 5.67. The van der Waals surface area contributed by atoms with E-state index in [0.29, 0.717) is 6.61 Å². The van der Waals surface area contributed by atoms with Crippen molar-refractivity contribution in [3.63, 3.8) is 0 Å². The van der Waals surface area contributed by atoms with Crippen LogP contribution in [0.15, 0.2) is 0 Å². The molecular weight excluding hydrogens is 204 g/mol. The van der Waals surface area contributed by atoms with E-state index in [1.165, 1.54) is 0 Å². The van der Waals surface area contributed by atoms with Gasteiger partial charge in [0.15, 0.2) is 0 Å². The third-order valence-electron chi connectivity index (χ3n) is 2.37. The molecule has 0 spiro atoms. The summed E-state index contributed by atoms with van der Waals surface area (Å²) in [5.41, 5.74) is 0. The van der Waals surface area contributed by atoms with Crippen molar-refractivity contribution in [1.29, 1.82) is 0 Å². The third kappa shape index (κ3) is 6.67. The Labute approximate surface area is 99.5 Å². The van der Waals surface area contributed by atoms with E-state index in [4.69, 9.17) is 4.74 Å². The zero-order valence-electron chi connectivity index (χ0n) is 11.3. The van der Waals surface area contributed by atoms with Gasteiger partial charge in [-0.05, 0) is 34.4 Å². The zero-order valence-corrected chi connectivity index (χ0v) is 11.3. The molecule has 96 valence electrons. The van der Waals surface area contributed by atoms with Gasteiger partial charge in [0.25, 0.3) is 0 Å². The minimum atomic E-state index is -0.190. The van der Waals surface area contributed by atoms with Crippen LogP contribution < -0.4 is 0 Å². The van der Waals surface area contributed by atoms with Crippen molar-refractivity contribution in [3.8, 4) is 0 Å². The number of unbranched alkanes of at least 4 members (excludes halogenated alkanes) is 1. The van der Waals surface area contributed by atoms with E-state index >= 15 is 0 Å². The van der Waals surface area contributed by atoms with Crippen molar-refractivity contribution in [1.82, 2.24) is 9.80 Å². The highest BCUT2D eigenvalue weighted by atomic mass is 16.6. The molecule has 0 N–H and O–H groups in total. The fourth-order valence-electron chi connectivity index (χ4n) is 1.25. The molecule has 0 rings (SSSR count). The standard InChI is InChI=1S/C12H26N2O2/c1-6-7-10-16-12(15)14(11(2)3)9-8-13(4)5/h11H,6-10H2,1-5H3. The molecule has 0 heterocycles. The fourth-order valence-corrected chi connectivity index (χ4v) is 1.25. The maximum absolute atomic E-state index is 11.8. The van der Waals surface area contributed by atoms with E-state index in [2.05, 4.69) is 11.8 Å². The fraction of sp³-hybridized carbons (Fsp3) is 0.917. The normalized spacial score (nSPS) is 10.9. The Bertz CT molecular complexity index is 193. The maximum atomic E-state index is 11.8. The van der Waals surface area contributed by atoms with Crippen LogP contribution in [0.1, 0.15) is 33.6 Å². The second-order valence-electron chi connectivity index (χ2n) is 4.56. The molecule has 0 atom stereocenters. The highest BCUT2D eigenvalue weighted by Crippen LogP contribution is 2.02. The van der Waals surface area contributed by atoms with E-state index in [1.54, 1.807) is 4.90 Å². The number of carbonyl (C=O) groups excluding carboxylic acids is 1. The number of carbonyl (C=O) groups is 1. The third-order valence-corrected chi connectivity index (χ3v) is 2.37. The van der Waals surface area contributed by atoms with E-state index < -0.39 is 0 Å². The molecule has 0 fully saturated rings. The predicted octanol–water partition coefficient (Wildman–Crippen LogP) is 2.20. The number of hydrogen-bond donors (Lipinski definition) is 0. The van der Waals surface area contributed by atoms with E-state index in [9.17, 15) is 4.79 Å². The lowest BCUT2D eigenvalue weighted by Crippen LogP contribution is -2.41. The number of ether oxygens (including phenoxy) is 1. The van der Waals surface area contributed by atoms with Gasteiger partial charge < -0.3 is 14.5 Å².